The number of carbonyl (C=O) groups excluding carboxylic acids is 1. The zero-order valence-corrected chi connectivity index (χ0v) is 15.1. The molecule has 1 aliphatic heterocycles. The summed E-state index contributed by atoms with van der Waals surface area (Å²) in [6.07, 6.45) is 0.865. The molecule has 0 aliphatic carbocycles. The number of aryl methyl sites for hydroxylation is 2. The van der Waals surface area contributed by atoms with Crippen LogP contribution in [0.5, 0.6) is 0 Å². The van der Waals surface area contributed by atoms with Crippen LogP contribution in [0.4, 0.5) is 0 Å². The molecule has 122 valence electrons. The third-order valence-electron chi connectivity index (χ3n) is 4.51. The van der Waals surface area contributed by atoms with Gasteiger partial charge in [-0.25, -0.2) is 0 Å². The Morgan fingerprint density at radius 2 is 2.18 bits per heavy atom. The molecule has 2 aromatic rings. The number of likely N-dealkylation sites (tertiary alicyclic amines) is 1. The second kappa shape index (κ2) is 5.83. The van der Waals surface area contributed by atoms with Gasteiger partial charge >= 0.3 is 0 Å². The lowest BCUT2D eigenvalue weighted by Gasteiger charge is -2.42. The van der Waals surface area contributed by atoms with Crippen LogP contribution in [0.25, 0.3) is 10.2 Å². The van der Waals surface area contributed by atoms with Crippen molar-refractivity contribution in [2.24, 2.45) is 18.2 Å². The van der Waals surface area contributed by atoms with Gasteiger partial charge in [0.2, 0.25) is 0 Å². The number of aromatic nitrogens is 2. The van der Waals surface area contributed by atoms with Crippen molar-refractivity contribution in [3.8, 4) is 0 Å². The van der Waals surface area contributed by atoms with E-state index in [1.54, 1.807) is 0 Å². The maximum Gasteiger partial charge on any atom is 0.264 e. The number of piperidine rings is 1. The fourth-order valence-electron chi connectivity index (χ4n) is 3.01. The molecule has 1 aliphatic rings. The highest BCUT2D eigenvalue weighted by Gasteiger charge is 2.36. The standard InChI is InChI=1S/C15H22N4OS.ClH/c1-9-10-7-11(21-14(10)18(4)17-9)13(20)19-6-5-12(16)15(2,3)8-19;/h7,12H,5-6,8,16H2,1-4H3;1H. The Bertz CT molecular complexity index is 671. The van der Waals surface area contributed by atoms with Gasteiger partial charge in [0.05, 0.1) is 10.6 Å². The third-order valence-corrected chi connectivity index (χ3v) is 5.70. The number of nitrogens with zero attached hydrogens (tertiary/aromatic N) is 3. The van der Waals surface area contributed by atoms with Crippen molar-refractivity contribution in [3.05, 3.63) is 16.6 Å². The van der Waals surface area contributed by atoms with Gasteiger partial charge in [0.1, 0.15) is 4.83 Å². The third kappa shape index (κ3) is 2.75. The molecule has 0 saturated carbocycles. The van der Waals surface area contributed by atoms with Gasteiger partial charge in [-0.15, -0.1) is 23.7 Å². The van der Waals surface area contributed by atoms with Crippen molar-refractivity contribution in [1.82, 2.24) is 14.7 Å². The van der Waals surface area contributed by atoms with Gasteiger partial charge in [-0.05, 0) is 24.8 Å². The second-order valence-corrected chi connectivity index (χ2v) is 7.68. The van der Waals surface area contributed by atoms with Crippen LogP contribution in [-0.4, -0.2) is 39.7 Å². The molecule has 2 N–H and O–H groups in total. The fraction of sp³-hybridized carbons (Fsp3) is 0.600. The molecule has 5 nitrogen and oxygen atoms in total. The van der Waals surface area contributed by atoms with Crippen LogP contribution in [0.3, 0.4) is 0 Å². The summed E-state index contributed by atoms with van der Waals surface area (Å²) >= 11 is 1.53. The largest absolute Gasteiger partial charge is 0.337 e. The number of fused-ring (bicyclic) bond motifs is 1. The zero-order chi connectivity index (χ0) is 15.4. The molecule has 0 aromatic carbocycles. The molecule has 1 saturated heterocycles. The van der Waals surface area contributed by atoms with Gasteiger partial charge in [0, 0.05) is 31.6 Å². The van der Waals surface area contributed by atoms with E-state index in [4.69, 9.17) is 5.73 Å². The highest BCUT2D eigenvalue weighted by molar-refractivity contribution is 7.20. The summed E-state index contributed by atoms with van der Waals surface area (Å²) in [4.78, 5) is 16.5. The molecule has 1 amide bonds. The Kier molecular flexibility index (Phi) is 4.57. The van der Waals surface area contributed by atoms with E-state index in [1.807, 2.05) is 29.6 Å². The predicted molar refractivity (Wildman–Crippen MR) is 92.9 cm³/mol. The topological polar surface area (TPSA) is 64.2 Å². The van der Waals surface area contributed by atoms with E-state index in [1.165, 1.54) is 11.3 Å². The minimum Gasteiger partial charge on any atom is -0.337 e. The van der Waals surface area contributed by atoms with Gasteiger partial charge in [0.15, 0.2) is 0 Å². The van der Waals surface area contributed by atoms with Crippen LogP contribution < -0.4 is 5.73 Å². The molecule has 1 fully saturated rings. The average molecular weight is 343 g/mol. The second-order valence-electron chi connectivity index (χ2n) is 6.65. The summed E-state index contributed by atoms with van der Waals surface area (Å²) < 4.78 is 1.85. The van der Waals surface area contributed by atoms with Crippen LogP contribution in [0, 0.1) is 12.3 Å². The molecule has 22 heavy (non-hydrogen) atoms. The van der Waals surface area contributed by atoms with Crippen LogP contribution in [0.1, 0.15) is 35.6 Å². The lowest BCUT2D eigenvalue weighted by atomic mass is 9.79. The Hall–Kier alpha value is -1.11. The lowest BCUT2D eigenvalue weighted by Crippen LogP contribution is -2.53. The van der Waals surface area contributed by atoms with E-state index >= 15 is 0 Å². The first-order valence-electron chi connectivity index (χ1n) is 7.27. The van der Waals surface area contributed by atoms with Gasteiger partial charge in [-0.1, -0.05) is 13.8 Å². The highest BCUT2D eigenvalue weighted by atomic mass is 35.5. The summed E-state index contributed by atoms with van der Waals surface area (Å²) in [6.45, 7) is 7.71. The predicted octanol–water partition coefficient (Wildman–Crippen LogP) is 2.56. The number of hydrogen-bond donors (Lipinski definition) is 1. The van der Waals surface area contributed by atoms with Crippen LogP contribution in [0.15, 0.2) is 6.07 Å². The van der Waals surface area contributed by atoms with E-state index in [2.05, 4.69) is 18.9 Å². The maximum absolute atomic E-state index is 12.8. The van der Waals surface area contributed by atoms with Gasteiger partial charge in [-0.3, -0.25) is 9.48 Å². The number of carbonyl (C=O) groups is 1. The molecule has 0 bridgehead atoms. The van der Waals surface area contributed by atoms with Crippen molar-refractivity contribution in [2.75, 3.05) is 13.1 Å². The molecule has 1 unspecified atom stereocenters. The zero-order valence-electron chi connectivity index (χ0n) is 13.4. The van der Waals surface area contributed by atoms with Gasteiger partial charge in [-0.2, -0.15) is 5.10 Å². The first-order chi connectivity index (χ1) is 9.79. The average Bonchev–Trinajstić information content (AvgIpc) is 2.95. The Morgan fingerprint density at radius 1 is 1.50 bits per heavy atom. The molecule has 0 spiro atoms. The monoisotopic (exact) mass is 342 g/mol. The van der Waals surface area contributed by atoms with Crippen LogP contribution in [0.2, 0.25) is 0 Å². The molecule has 0 radical (unpaired) electrons. The Balaban J connectivity index is 0.00000176. The maximum atomic E-state index is 12.8. The molecule has 7 heteroatoms. The number of amides is 1. The Morgan fingerprint density at radius 3 is 2.77 bits per heavy atom. The number of thiophene rings is 1. The number of rotatable bonds is 1. The minimum atomic E-state index is -0.0257. The molecular weight excluding hydrogens is 320 g/mol. The van der Waals surface area contributed by atoms with E-state index < -0.39 is 0 Å². The first kappa shape index (κ1) is 17.2. The smallest absolute Gasteiger partial charge is 0.264 e. The SMILES string of the molecule is Cc1nn(C)c2sc(C(=O)N3CCC(N)C(C)(C)C3)cc12.Cl. The normalized spacial score (nSPS) is 21.0. The summed E-state index contributed by atoms with van der Waals surface area (Å²) in [5.74, 6) is 0.121. The van der Waals surface area contributed by atoms with Crippen LogP contribution >= 0.6 is 23.7 Å². The van der Waals surface area contributed by atoms with Crippen molar-refractivity contribution in [1.29, 1.82) is 0 Å². The lowest BCUT2D eigenvalue weighted by molar-refractivity contribution is 0.0537. The van der Waals surface area contributed by atoms with E-state index in [9.17, 15) is 4.79 Å². The van der Waals surface area contributed by atoms with E-state index in [0.29, 0.717) is 0 Å². The van der Waals surface area contributed by atoms with E-state index in [0.717, 1.165) is 40.3 Å². The molecular formula is C15H23ClN4OS. The first-order valence-corrected chi connectivity index (χ1v) is 8.09. The van der Waals surface area contributed by atoms with Crippen molar-refractivity contribution < 1.29 is 4.79 Å². The minimum absolute atomic E-state index is 0. The van der Waals surface area contributed by atoms with Crippen molar-refractivity contribution in [2.45, 2.75) is 33.2 Å². The number of hydrogen-bond acceptors (Lipinski definition) is 4. The summed E-state index contributed by atoms with van der Waals surface area (Å²) in [7, 11) is 1.92. The fourth-order valence-corrected chi connectivity index (χ4v) is 4.10. The molecule has 2 aromatic heterocycles. The van der Waals surface area contributed by atoms with Crippen LogP contribution in [-0.2, 0) is 7.05 Å². The summed E-state index contributed by atoms with van der Waals surface area (Å²) in [6, 6.07) is 2.14. The van der Waals surface area contributed by atoms with Crippen molar-refractivity contribution in [3.63, 3.8) is 0 Å². The summed E-state index contributed by atoms with van der Waals surface area (Å²) in [5.41, 5.74) is 7.10. The van der Waals surface area contributed by atoms with Gasteiger partial charge < -0.3 is 10.6 Å². The van der Waals surface area contributed by atoms with Gasteiger partial charge in [0.25, 0.3) is 5.91 Å². The quantitative estimate of drug-likeness (QED) is 0.866. The Labute approximate surface area is 140 Å². The number of nitrogens with two attached hydrogens (primary N) is 1. The van der Waals surface area contributed by atoms with Crippen molar-refractivity contribution >= 4 is 39.9 Å². The van der Waals surface area contributed by atoms with E-state index in [-0.39, 0.29) is 29.8 Å². The number of halogens is 1. The molecule has 3 heterocycles. The highest BCUT2D eigenvalue weighted by Crippen LogP contribution is 2.32. The molecule has 1 atom stereocenters. The molecule has 3 rings (SSSR count). The summed E-state index contributed by atoms with van der Waals surface area (Å²) in [5, 5.41) is 5.46.